The van der Waals surface area contributed by atoms with Gasteiger partial charge in [0.15, 0.2) is 16.6 Å². The van der Waals surface area contributed by atoms with E-state index >= 15 is 0 Å². The fourth-order valence-corrected chi connectivity index (χ4v) is 2.82. The first-order valence-corrected chi connectivity index (χ1v) is 9.29. The molecule has 0 aliphatic rings. The van der Waals surface area contributed by atoms with Gasteiger partial charge in [0.25, 0.3) is 0 Å². The van der Waals surface area contributed by atoms with Crippen molar-refractivity contribution in [2.45, 2.75) is 33.0 Å². The normalized spacial score (nSPS) is 12.2. The molecule has 0 saturated carbocycles. The summed E-state index contributed by atoms with van der Waals surface area (Å²) in [5.41, 5.74) is 0.700. The molecule has 1 atom stereocenters. The molecule has 0 aliphatic carbocycles. The van der Waals surface area contributed by atoms with Crippen LogP contribution in [0.4, 0.5) is 18.9 Å². The Balaban J connectivity index is 2.02. The van der Waals surface area contributed by atoms with Crippen molar-refractivity contribution in [1.82, 2.24) is 5.32 Å². The van der Waals surface area contributed by atoms with Gasteiger partial charge in [-0.2, -0.15) is 13.2 Å². The van der Waals surface area contributed by atoms with Crippen LogP contribution in [0.3, 0.4) is 0 Å². The SMILES string of the molecule is CCOc1ccc([C@H](C)NC(=S)Nc2ccc(C(F)(F)F)cc2)cc1OCC. The average molecular weight is 412 g/mol. The van der Waals surface area contributed by atoms with E-state index in [0.717, 1.165) is 17.7 Å². The molecule has 8 heteroatoms. The maximum Gasteiger partial charge on any atom is 0.416 e. The smallest absolute Gasteiger partial charge is 0.416 e. The number of benzene rings is 2. The van der Waals surface area contributed by atoms with Crippen LogP contribution in [-0.2, 0) is 6.18 Å². The third-order valence-electron chi connectivity index (χ3n) is 3.89. The minimum Gasteiger partial charge on any atom is -0.490 e. The maximum absolute atomic E-state index is 12.6. The number of anilines is 1. The molecule has 0 amide bonds. The van der Waals surface area contributed by atoms with E-state index in [1.165, 1.54) is 12.1 Å². The maximum atomic E-state index is 12.6. The molecule has 0 bridgehead atoms. The van der Waals surface area contributed by atoms with Gasteiger partial charge in [-0.25, -0.2) is 0 Å². The lowest BCUT2D eigenvalue weighted by molar-refractivity contribution is -0.137. The van der Waals surface area contributed by atoms with Gasteiger partial charge in [0, 0.05) is 5.69 Å². The lowest BCUT2D eigenvalue weighted by Crippen LogP contribution is -2.30. The summed E-state index contributed by atoms with van der Waals surface area (Å²) in [7, 11) is 0. The van der Waals surface area contributed by atoms with Gasteiger partial charge in [0.1, 0.15) is 0 Å². The molecule has 2 aromatic carbocycles. The summed E-state index contributed by atoms with van der Waals surface area (Å²) in [6, 6.07) is 10.2. The molecule has 0 saturated heterocycles. The van der Waals surface area contributed by atoms with Crippen molar-refractivity contribution in [2.24, 2.45) is 0 Å². The zero-order valence-corrected chi connectivity index (χ0v) is 16.7. The highest BCUT2D eigenvalue weighted by Gasteiger charge is 2.29. The van der Waals surface area contributed by atoms with E-state index in [-0.39, 0.29) is 6.04 Å². The molecular weight excluding hydrogens is 389 g/mol. The highest BCUT2D eigenvalue weighted by atomic mass is 32.1. The first-order chi connectivity index (χ1) is 13.2. The number of nitrogens with one attached hydrogen (secondary N) is 2. The molecule has 0 unspecified atom stereocenters. The van der Waals surface area contributed by atoms with Gasteiger partial charge < -0.3 is 20.1 Å². The monoisotopic (exact) mass is 412 g/mol. The number of halogens is 3. The average Bonchev–Trinajstić information content (AvgIpc) is 2.63. The highest BCUT2D eigenvalue weighted by Crippen LogP contribution is 2.31. The summed E-state index contributed by atoms with van der Waals surface area (Å²) in [5.74, 6) is 1.32. The Morgan fingerprint density at radius 3 is 2.18 bits per heavy atom. The summed E-state index contributed by atoms with van der Waals surface area (Å²) < 4.78 is 49.1. The Morgan fingerprint density at radius 2 is 1.61 bits per heavy atom. The first-order valence-electron chi connectivity index (χ1n) is 8.88. The van der Waals surface area contributed by atoms with E-state index in [1.807, 2.05) is 39.0 Å². The van der Waals surface area contributed by atoms with E-state index in [1.54, 1.807) is 0 Å². The van der Waals surface area contributed by atoms with Crippen molar-refractivity contribution < 1.29 is 22.6 Å². The second-order valence-corrected chi connectivity index (χ2v) is 6.38. The van der Waals surface area contributed by atoms with Crippen molar-refractivity contribution in [3.05, 3.63) is 53.6 Å². The van der Waals surface area contributed by atoms with Crippen LogP contribution in [0, 0.1) is 0 Å². The second-order valence-electron chi connectivity index (χ2n) is 5.97. The van der Waals surface area contributed by atoms with Crippen LogP contribution in [0.15, 0.2) is 42.5 Å². The second kappa shape index (κ2) is 9.64. The molecule has 0 heterocycles. The van der Waals surface area contributed by atoms with Crippen molar-refractivity contribution >= 4 is 23.0 Å². The number of thiocarbonyl (C=S) groups is 1. The zero-order chi connectivity index (χ0) is 20.7. The van der Waals surface area contributed by atoms with Crippen molar-refractivity contribution in [3.8, 4) is 11.5 Å². The molecule has 0 radical (unpaired) electrons. The van der Waals surface area contributed by atoms with Crippen molar-refractivity contribution in [3.63, 3.8) is 0 Å². The predicted molar refractivity (Wildman–Crippen MR) is 108 cm³/mol. The van der Waals surface area contributed by atoms with Crippen LogP contribution >= 0.6 is 12.2 Å². The van der Waals surface area contributed by atoms with Gasteiger partial charge in [-0.3, -0.25) is 0 Å². The molecule has 0 aromatic heterocycles. The quantitative estimate of drug-likeness (QED) is 0.584. The molecule has 2 N–H and O–H groups in total. The standard InChI is InChI=1S/C20H23F3N2O2S/c1-4-26-17-11-6-14(12-18(17)27-5-2)13(3)24-19(28)25-16-9-7-15(8-10-16)20(21,22)23/h6-13H,4-5H2,1-3H3,(H2,24,25,28)/t13-/m0/s1. The van der Waals surface area contributed by atoms with E-state index in [4.69, 9.17) is 21.7 Å². The molecule has 4 nitrogen and oxygen atoms in total. The van der Waals surface area contributed by atoms with Crippen LogP contribution in [0.2, 0.25) is 0 Å². The van der Waals surface area contributed by atoms with Crippen LogP contribution in [0.25, 0.3) is 0 Å². The van der Waals surface area contributed by atoms with Crippen LogP contribution in [-0.4, -0.2) is 18.3 Å². The Hall–Kier alpha value is -2.48. The molecule has 2 aromatic rings. The lowest BCUT2D eigenvalue weighted by Gasteiger charge is -2.19. The van der Waals surface area contributed by atoms with E-state index in [9.17, 15) is 13.2 Å². The van der Waals surface area contributed by atoms with Gasteiger partial charge in [0.05, 0.1) is 24.8 Å². The summed E-state index contributed by atoms with van der Waals surface area (Å²) in [5, 5.41) is 6.31. The first kappa shape index (κ1) is 21.8. The molecule has 0 spiro atoms. The molecule has 28 heavy (non-hydrogen) atoms. The van der Waals surface area contributed by atoms with Crippen LogP contribution in [0.1, 0.15) is 37.9 Å². The summed E-state index contributed by atoms with van der Waals surface area (Å²) in [6.45, 7) is 6.77. The van der Waals surface area contributed by atoms with Gasteiger partial charge >= 0.3 is 6.18 Å². The van der Waals surface area contributed by atoms with E-state index < -0.39 is 11.7 Å². The Labute approximate surface area is 168 Å². The number of hydrogen-bond donors (Lipinski definition) is 2. The molecule has 152 valence electrons. The summed E-state index contributed by atoms with van der Waals surface area (Å²) in [6.07, 6.45) is -4.36. The van der Waals surface area contributed by atoms with Gasteiger partial charge in [0.2, 0.25) is 0 Å². The van der Waals surface area contributed by atoms with Crippen LogP contribution in [0.5, 0.6) is 11.5 Å². The van der Waals surface area contributed by atoms with Gasteiger partial charge in [-0.1, -0.05) is 6.07 Å². The predicted octanol–water partition coefficient (Wildman–Crippen LogP) is 5.55. The van der Waals surface area contributed by atoms with E-state index in [2.05, 4.69) is 10.6 Å². The zero-order valence-electron chi connectivity index (χ0n) is 15.9. The van der Waals surface area contributed by atoms with Crippen molar-refractivity contribution in [1.29, 1.82) is 0 Å². The fourth-order valence-electron chi connectivity index (χ4n) is 2.53. The Bertz CT molecular complexity index is 795. The topological polar surface area (TPSA) is 42.5 Å². The fraction of sp³-hybridized carbons (Fsp3) is 0.350. The molecule has 0 fully saturated rings. The lowest BCUT2D eigenvalue weighted by atomic mass is 10.1. The number of ether oxygens (including phenoxy) is 2. The van der Waals surface area contributed by atoms with E-state index in [0.29, 0.717) is 35.5 Å². The number of hydrogen-bond acceptors (Lipinski definition) is 3. The minimum atomic E-state index is -4.36. The number of alkyl halides is 3. The molecular formula is C20H23F3N2O2S. The third kappa shape index (κ3) is 6.02. The van der Waals surface area contributed by atoms with Crippen LogP contribution < -0.4 is 20.1 Å². The third-order valence-corrected chi connectivity index (χ3v) is 4.11. The summed E-state index contributed by atoms with van der Waals surface area (Å²) >= 11 is 5.27. The van der Waals surface area contributed by atoms with Gasteiger partial charge in [-0.15, -0.1) is 0 Å². The Morgan fingerprint density at radius 1 is 1.00 bits per heavy atom. The molecule has 2 rings (SSSR count). The largest absolute Gasteiger partial charge is 0.490 e. The Kier molecular flexibility index (Phi) is 7.51. The van der Waals surface area contributed by atoms with Crippen molar-refractivity contribution in [2.75, 3.05) is 18.5 Å². The molecule has 0 aliphatic heterocycles. The highest BCUT2D eigenvalue weighted by molar-refractivity contribution is 7.80. The van der Waals surface area contributed by atoms with Gasteiger partial charge in [-0.05, 0) is 75.0 Å². The number of rotatable bonds is 7. The summed E-state index contributed by atoms with van der Waals surface area (Å²) in [4.78, 5) is 0. The minimum absolute atomic E-state index is 0.149.